The summed E-state index contributed by atoms with van der Waals surface area (Å²) < 4.78 is 33.0. The Hall–Kier alpha value is -1.85. The molecule has 0 bridgehead atoms. The maximum absolute atomic E-state index is 14.2. The summed E-state index contributed by atoms with van der Waals surface area (Å²) in [5, 5.41) is 0. The molecule has 0 aromatic heterocycles. The van der Waals surface area contributed by atoms with E-state index in [-0.39, 0.29) is 24.6 Å². The Labute approximate surface area is 160 Å². The number of unbranched alkanes of at least 4 members (excludes halogenated alkanes) is 3. The third-order valence-electron chi connectivity index (χ3n) is 4.74. The highest BCUT2D eigenvalue weighted by molar-refractivity contribution is 5.99. The summed E-state index contributed by atoms with van der Waals surface area (Å²) in [5.41, 5.74) is 0.827. The van der Waals surface area contributed by atoms with Crippen molar-refractivity contribution in [1.29, 1.82) is 0 Å². The number of allylic oxidation sites excluding steroid dienone is 4. The Morgan fingerprint density at radius 2 is 1.85 bits per heavy atom. The van der Waals surface area contributed by atoms with Gasteiger partial charge in [-0.05, 0) is 37.7 Å². The van der Waals surface area contributed by atoms with Crippen LogP contribution in [0.1, 0.15) is 77.6 Å². The first-order chi connectivity index (χ1) is 12.8. The van der Waals surface area contributed by atoms with E-state index in [4.69, 9.17) is 0 Å². The van der Waals surface area contributed by atoms with E-state index < -0.39 is 18.1 Å². The third kappa shape index (κ3) is 8.14. The summed E-state index contributed by atoms with van der Waals surface area (Å²) in [7, 11) is 1.34. The number of halogens is 2. The Morgan fingerprint density at radius 3 is 2.52 bits per heavy atom. The van der Waals surface area contributed by atoms with E-state index in [0.717, 1.165) is 12.8 Å². The summed E-state index contributed by atoms with van der Waals surface area (Å²) >= 11 is 0. The van der Waals surface area contributed by atoms with Crippen LogP contribution in [0.2, 0.25) is 0 Å². The van der Waals surface area contributed by atoms with Crippen molar-refractivity contribution in [2.75, 3.05) is 7.11 Å². The largest absolute Gasteiger partial charge is 0.469 e. The lowest BCUT2D eigenvalue weighted by Crippen LogP contribution is -2.29. The maximum Gasteiger partial charge on any atom is 0.308 e. The number of methoxy groups -OCH3 is 1. The van der Waals surface area contributed by atoms with Crippen molar-refractivity contribution < 1.29 is 27.9 Å². The molecule has 0 amide bonds. The molecule has 4 nitrogen and oxygen atoms in total. The molecule has 0 atom stereocenters. The van der Waals surface area contributed by atoms with Crippen LogP contribution < -0.4 is 0 Å². The van der Waals surface area contributed by atoms with Gasteiger partial charge in [0.25, 0.3) is 0 Å². The lowest BCUT2D eigenvalue weighted by atomic mass is 9.96. The number of esters is 1. The zero-order chi connectivity index (χ0) is 20.3. The topological polar surface area (TPSA) is 60.4 Å². The van der Waals surface area contributed by atoms with Crippen molar-refractivity contribution >= 4 is 17.5 Å². The van der Waals surface area contributed by atoms with Crippen molar-refractivity contribution in [3.8, 4) is 0 Å². The molecule has 0 aromatic carbocycles. The van der Waals surface area contributed by atoms with Crippen LogP contribution in [0.4, 0.5) is 8.78 Å². The molecule has 6 heteroatoms. The van der Waals surface area contributed by atoms with Crippen LogP contribution >= 0.6 is 0 Å². The standard InChI is InChI=1S/C21H30F2O4/c1-3-4-7-11-19(25)21(22,23)15-16-13-14-18(24)17(16)10-8-5-6-9-12-20(26)27-2/h5,8H,3-4,6-7,9-15H2,1-2H3. The number of alkyl halides is 2. The second-order valence-electron chi connectivity index (χ2n) is 6.91. The SMILES string of the molecule is CCCCCC(=O)C(F)(F)CC1=C(CC=CCCCC(=O)OC)C(=O)CC1. The van der Waals surface area contributed by atoms with Crippen molar-refractivity contribution in [2.24, 2.45) is 0 Å². The number of rotatable bonds is 13. The highest BCUT2D eigenvalue weighted by atomic mass is 19.3. The fraction of sp³-hybridized carbons (Fsp3) is 0.667. The molecule has 0 fully saturated rings. The third-order valence-corrected chi connectivity index (χ3v) is 4.74. The number of hydrogen-bond acceptors (Lipinski definition) is 4. The molecule has 0 N–H and O–H groups in total. The highest BCUT2D eigenvalue weighted by Crippen LogP contribution is 2.35. The van der Waals surface area contributed by atoms with Crippen LogP contribution in [0, 0.1) is 0 Å². The van der Waals surface area contributed by atoms with Crippen LogP contribution in [-0.2, 0) is 19.1 Å². The van der Waals surface area contributed by atoms with E-state index in [1.54, 1.807) is 6.08 Å². The van der Waals surface area contributed by atoms with Gasteiger partial charge in [-0.1, -0.05) is 37.5 Å². The number of ketones is 2. The molecule has 0 aromatic rings. The predicted molar refractivity (Wildman–Crippen MR) is 99.6 cm³/mol. The van der Waals surface area contributed by atoms with Crippen LogP contribution in [-0.4, -0.2) is 30.6 Å². The van der Waals surface area contributed by atoms with E-state index in [0.29, 0.717) is 49.7 Å². The monoisotopic (exact) mass is 384 g/mol. The quantitative estimate of drug-likeness (QED) is 0.251. The van der Waals surface area contributed by atoms with Gasteiger partial charge in [0.1, 0.15) is 0 Å². The fourth-order valence-corrected chi connectivity index (χ4v) is 3.09. The van der Waals surface area contributed by atoms with Gasteiger partial charge in [0, 0.05) is 25.7 Å². The molecular formula is C21H30F2O4. The number of carbonyl (C=O) groups is 3. The van der Waals surface area contributed by atoms with Crippen LogP contribution in [0.15, 0.2) is 23.3 Å². The van der Waals surface area contributed by atoms with Gasteiger partial charge >= 0.3 is 11.9 Å². The van der Waals surface area contributed by atoms with E-state index >= 15 is 0 Å². The molecule has 0 spiro atoms. The molecule has 0 unspecified atom stereocenters. The van der Waals surface area contributed by atoms with Gasteiger partial charge in [-0.25, -0.2) is 0 Å². The fourth-order valence-electron chi connectivity index (χ4n) is 3.09. The first kappa shape index (κ1) is 23.2. The summed E-state index contributed by atoms with van der Waals surface area (Å²) in [6, 6.07) is 0. The molecule has 1 rings (SSSR count). The van der Waals surface area contributed by atoms with E-state index in [9.17, 15) is 23.2 Å². The molecule has 1 aliphatic rings. The Kier molecular flexibility index (Phi) is 10.1. The molecule has 1 aliphatic carbocycles. The lowest BCUT2D eigenvalue weighted by molar-refractivity contribution is -0.143. The molecule has 0 saturated carbocycles. The first-order valence-electron chi connectivity index (χ1n) is 9.68. The van der Waals surface area contributed by atoms with Gasteiger partial charge in [0.2, 0.25) is 5.78 Å². The smallest absolute Gasteiger partial charge is 0.308 e. The van der Waals surface area contributed by atoms with Gasteiger partial charge in [-0.3, -0.25) is 14.4 Å². The predicted octanol–water partition coefficient (Wildman–Crippen LogP) is 5.11. The highest BCUT2D eigenvalue weighted by Gasteiger charge is 2.40. The normalized spacial score (nSPS) is 15.0. The first-order valence-corrected chi connectivity index (χ1v) is 9.68. The van der Waals surface area contributed by atoms with Crippen molar-refractivity contribution in [2.45, 2.75) is 83.5 Å². The lowest BCUT2D eigenvalue weighted by Gasteiger charge is -2.16. The van der Waals surface area contributed by atoms with Gasteiger partial charge in [0.15, 0.2) is 5.78 Å². The number of carbonyl (C=O) groups excluding carboxylic acids is 3. The van der Waals surface area contributed by atoms with Crippen molar-refractivity contribution in [1.82, 2.24) is 0 Å². The number of Topliss-reactive ketones (excluding diaryl/α,β-unsaturated/α-hetero) is 2. The van der Waals surface area contributed by atoms with Gasteiger partial charge in [0.05, 0.1) is 7.11 Å². The minimum atomic E-state index is -3.40. The van der Waals surface area contributed by atoms with Gasteiger partial charge in [-0.15, -0.1) is 0 Å². The van der Waals surface area contributed by atoms with Crippen LogP contribution in [0.25, 0.3) is 0 Å². The summed E-state index contributed by atoms with van der Waals surface area (Å²) in [6.07, 6.45) is 7.41. The average molecular weight is 384 g/mol. The minimum Gasteiger partial charge on any atom is -0.469 e. The van der Waals surface area contributed by atoms with Crippen molar-refractivity contribution in [3.05, 3.63) is 23.3 Å². The van der Waals surface area contributed by atoms with E-state index in [2.05, 4.69) is 4.74 Å². The zero-order valence-corrected chi connectivity index (χ0v) is 16.3. The Bertz CT molecular complexity index is 591. The number of ether oxygens (including phenoxy) is 1. The van der Waals surface area contributed by atoms with Crippen molar-refractivity contribution in [3.63, 3.8) is 0 Å². The number of hydrogen-bond donors (Lipinski definition) is 0. The Balaban J connectivity index is 2.60. The van der Waals surface area contributed by atoms with Gasteiger partial charge in [-0.2, -0.15) is 8.78 Å². The second-order valence-corrected chi connectivity index (χ2v) is 6.91. The van der Waals surface area contributed by atoms with E-state index in [1.807, 2.05) is 13.0 Å². The summed E-state index contributed by atoms with van der Waals surface area (Å²) in [5.74, 6) is -4.81. The molecule has 0 heterocycles. The molecule has 27 heavy (non-hydrogen) atoms. The molecule has 0 aliphatic heterocycles. The molecular weight excluding hydrogens is 354 g/mol. The maximum atomic E-state index is 14.2. The van der Waals surface area contributed by atoms with Crippen LogP contribution in [0.5, 0.6) is 0 Å². The van der Waals surface area contributed by atoms with Gasteiger partial charge < -0.3 is 4.74 Å². The molecule has 0 saturated heterocycles. The second kappa shape index (κ2) is 11.8. The summed E-state index contributed by atoms with van der Waals surface area (Å²) in [4.78, 5) is 34.8. The average Bonchev–Trinajstić information content (AvgIpc) is 2.96. The molecule has 152 valence electrons. The van der Waals surface area contributed by atoms with E-state index in [1.165, 1.54) is 7.11 Å². The molecule has 0 radical (unpaired) electrons. The zero-order valence-electron chi connectivity index (χ0n) is 16.3. The van der Waals surface area contributed by atoms with Crippen LogP contribution in [0.3, 0.4) is 0 Å². The summed E-state index contributed by atoms with van der Waals surface area (Å²) in [6.45, 7) is 1.95. The minimum absolute atomic E-state index is 0.113. The Morgan fingerprint density at radius 1 is 1.11 bits per heavy atom.